The minimum atomic E-state index is -0.133. The molecule has 1 fully saturated rings. The van der Waals surface area contributed by atoms with Crippen LogP contribution in [-0.4, -0.2) is 60.4 Å². The third-order valence-corrected chi connectivity index (χ3v) is 4.62. The van der Waals surface area contributed by atoms with Gasteiger partial charge in [0.25, 0.3) is 0 Å². The van der Waals surface area contributed by atoms with Crippen molar-refractivity contribution < 1.29 is 9.59 Å². The fraction of sp³-hybridized carbons (Fsp3) is 0.579. The maximum absolute atomic E-state index is 12.4. The largest absolute Gasteiger partial charge is 0.355 e. The van der Waals surface area contributed by atoms with Crippen molar-refractivity contribution in [3.63, 3.8) is 0 Å². The van der Waals surface area contributed by atoms with Gasteiger partial charge in [0.15, 0.2) is 0 Å². The first-order valence-electron chi connectivity index (χ1n) is 8.86. The van der Waals surface area contributed by atoms with E-state index in [4.69, 9.17) is 0 Å². The van der Waals surface area contributed by atoms with Gasteiger partial charge in [-0.05, 0) is 25.8 Å². The molecule has 5 heteroatoms. The van der Waals surface area contributed by atoms with Crippen molar-refractivity contribution in [3.05, 3.63) is 35.4 Å². The summed E-state index contributed by atoms with van der Waals surface area (Å²) in [5.41, 5.74) is 2.26. The Morgan fingerprint density at radius 1 is 1.12 bits per heavy atom. The first-order valence-corrected chi connectivity index (χ1v) is 8.86. The highest BCUT2D eigenvalue weighted by Crippen LogP contribution is 2.10. The fourth-order valence-corrected chi connectivity index (χ4v) is 2.91. The van der Waals surface area contributed by atoms with Gasteiger partial charge in [0.1, 0.15) is 0 Å². The van der Waals surface area contributed by atoms with Gasteiger partial charge >= 0.3 is 0 Å². The molecular formula is C19H29N3O2. The van der Waals surface area contributed by atoms with Gasteiger partial charge in [-0.3, -0.25) is 14.5 Å². The zero-order valence-corrected chi connectivity index (χ0v) is 15.0. The van der Waals surface area contributed by atoms with Crippen LogP contribution in [0.4, 0.5) is 0 Å². The standard InChI is InChI=1S/C19H29N3O2/c1-4-9-20-19(24)16(3)21-10-12-22(13-11-21)18(23)14-17-7-5-15(2)6-8-17/h5-8,16H,4,9-14H2,1-3H3,(H,20,24)/t16-/m0/s1. The van der Waals surface area contributed by atoms with Gasteiger partial charge in [0.2, 0.25) is 11.8 Å². The summed E-state index contributed by atoms with van der Waals surface area (Å²) in [6, 6.07) is 7.98. The van der Waals surface area contributed by atoms with Crippen molar-refractivity contribution in [2.45, 2.75) is 39.7 Å². The second-order valence-corrected chi connectivity index (χ2v) is 6.55. The highest BCUT2D eigenvalue weighted by atomic mass is 16.2. The lowest BCUT2D eigenvalue weighted by atomic mass is 10.1. The predicted octanol–water partition coefficient (Wildman–Crippen LogP) is 1.60. The van der Waals surface area contributed by atoms with Crippen molar-refractivity contribution >= 4 is 11.8 Å². The van der Waals surface area contributed by atoms with Crippen molar-refractivity contribution in [2.24, 2.45) is 0 Å². The molecule has 2 amide bonds. The number of hydrogen-bond donors (Lipinski definition) is 1. The highest BCUT2D eigenvalue weighted by molar-refractivity contribution is 5.81. The number of rotatable bonds is 6. The summed E-state index contributed by atoms with van der Waals surface area (Å²) in [6.07, 6.45) is 1.40. The number of piperazine rings is 1. The zero-order chi connectivity index (χ0) is 17.5. The minimum Gasteiger partial charge on any atom is -0.355 e. The molecule has 0 aliphatic carbocycles. The van der Waals surface area contributed by atoms with Crippen molar-refractivity contribution in [2.75, 3.05) is 32.7 Å². The number of nitrogens with zero attached hydrogens (tertiary/aromatic N) is 2. The van der Waals surface area contributed by atoms with Crippen molar-refractivity contribution in [1.82, 2.24) is 15.1 Å². The molecule has 24 heavy (non-hydrogen) atoms. The molecule has 0 bridgehead atoms. The van der Waals surface area contributed by atoms with E-state index in [-0.39, 0.29) is 17.9 Å². The van der Waals surface area contributed by atoms with Crippen LogP contribution in [0, 0.1) is 6.92 Å². The summed E-state index contributed by atoms with van der Waals surface area (Å²) >= 11 is 0. The smallest absolute Gasteiger partial charge is 0.237 e. The van der Waals surface area contributed by atoms with E-state index in [9.17, 15) is 9.59 Å². The van der Waals surface area contributed by atoms with E-state index >= 15 is 0 Å². The molecule has 1 saturated heterocycles. The molecule has 1 atom stereocenters. The van der Waals surface area contributed by atoms with Gasteiger partial charge in [-0.25, -0.2) is 0 Å². The Bertz CT molecular complexity index is 548. The molecule has 0 spiro atoms. The second-order valence-electron chi connectivity index (χ2n) is 6.55. The number of benzene rings is 1. The van der Waals surface area contributed by atoms with Gasteiger partial charge in [-0.1, -0.05) is 36.8 Å². The maximum atomic E-state index is 12.4. The first-order chi connectivity index (χ1) is 11.5. The van der Waals surface area contributed by atoms with Gasteiger partial charge in [-0.2, -0.15) is 0 Å². The Hall–Kier alpha value is -1.88. The summed E-state index contributed by atoms with van der Waals surface area (Å²) in [7, 11) is 0. The Balaban J connectivity index is 1.80. The lowest BCUT2D eigenvalue weighted by Gasteiger charge is -2.37. The van der Waals surface area contributed by atoms with Crippen molar-refractivity contribution in [3.8, 4) is 0 Å². The molecular weight excluding hydrogens is 302 g/mol. The van der Waals surface area contributed by atoms with Gasteiger partial charge in [0, 0.05) is 32.7 Å². The molecule has 0 aromatic heterocycles. The Kier molecular flexibility index (Phi) is 6.79. The van der Waals surface area contributed by atoms with Crippen LogP contribution in [0.1, 0.15) is 31.4 Å². The number of carbonyl (C=O) groups is 2. The van der Waals surface area contributed by atoms with E-state index < -0.39 is 0 Å². The first kappa shape index (κ1) is 18.5. The SMILES string of the molecule is CCCNC(=O)[C@H](C)N1CCN(C(=O)Cc2ccc(C)cc2)CC1. The van der Waals surface area contributed by atoms with Crippen molar-refractivity contribution in [1.29, 1.82) is 0 Å². The minimum absolute atomic E-state index is 0.0799. The molecule has 1 heterocycles. The number of amides is 2. The molecule has 0 saturated carbocycles. The molecule has 1 aliphatic rings. The van der Waals surface area contributed by atoms with Crippen LogP contribution in [0.15, 0.2) is 24.3 Å². The normalized spacial score (nSPS) is 16.7. The van der Waals surface area contributed by atoms with Gasteiger partial charge in [-0.15, -0.1) is 0 Å². The van der Waals surface area contributed by atoms with Crippen LogP contribution < -0.4 is 5.32 Å². The monoisotopic (exact) mass is 331 g/mol. The van der Waals surface area contributed by atoms with E-state index in [1.165, 1.54) is 5.56 Å². The Morgan fingerprint density at radius 2 is 1.75 bits per heavy atom. The van der Waals surface area contributed by atoms with E-state index in [1.807, 2.05) is 49.9 Å². The molecule has 0 radical (unpaired) electrons. The van der Waals surface area contributed by atoms with Crippen LogP contribution in [-0.2, 0) is 16.0 Å². The zero-order valence-electron chi connectivity index (χ0n) is 15.0. The fourth-order valence-electron chi connectivity index (χ4n) is 2.91. The van der Waals surface area contributed by atoms with Crippen LogP contribution >= 0.6 is 0 Å². The third-order valence-electron chi connectivity index (χ3n) is 4.62. The Labute approximate surface area is 145 Å². The van der Waals surface area contributed by atoms with Gasteiger partial charge in [0.05, 0.1) is 12.5 Å². The average molecular weight is 331 g/mol. The lowest BCUT2D eigenvalue weighted by molar-refractivity contribution is -0.133. The van der Waals surface area contributed by atoms with Crippen LogP contribution in [0.5, 0.6) is 0 Å². The average Bonchev–Trinajstić information content (AvgIpc) is 2.61. The molecule has 5 nitrogen and oxygen atoms in total. The van der Waals surface area contributed by atoms with Crippen LogP contribution in [0.3, 0.4) is 0 Å². The molecule has 0 unspecified atom stereocenters. The number of hydrogen-bond acceptors (Lipinski definition) is 3. The molecule has 1 aromatic rings. The predicted molar refractivity (Wildman–Crippen MR) is 95.8 cm³/mol. The van der Waals surface area contributed by atoms with E-state index in [0.29, 0.717) is 19.5 Å². The topological polar surface area (TPSA) is 52.7 Å². The summed E-state index contributed by atoms with van der Waals surface area (Å²) in [5.74, 6) is 0.248. The van der Waals surface area contributed by atoms with E-state index in [0.717, 1.165) is 31.6 Å². The van der Waals surface area contributed by atoms with Gasteiger partial charge < -0.3 is 10.2 Å². The van der Waals surface area contributed by atoms with E-state index in [1.54, 1.807) is 0 Å². The second kappa shape index (κ2) is 8.83. The maximum Gasteiger partial charge on any atom is 0.237 e. The number of aryl methyl sites for hydroxylation is 1. The molecule has 1 N–H and O–H groups in total. The summed E-state index contributed by atoms with van der Waals surface area (Å²) in [4.78, 5) is 28.5. The summed E-state index contributed by atoms with van der Waals surface area (Å²) in [6.45, 7) is 9.63. The quantitative estimate of drug-likeness (QED) is 0.861. The van der Waals surface area contributed by atoms with Crippen LogP contribution in [0.25, 0.3) is 0 Å². The molecule has 132 valence electrons. The number of carbonyl (C=O) groups excluding carboxylic acids is 2. The van der Waals surface area contributed by atoms with E-state index in [2.05, 4.69) is 10.2 Å². The summed E-state index contributed by atoms with van der Waals surface area (Å²) in [5, 5.41) is 2.94. The number of nitrogens with one attached hydrogen (secondary N) is 1. The summed E-state index contributed by atoms with van der Waals surface area (Å²) < 4.78 is 0. The lowest BCUT2D eigenvalue weighted by Crippen LogP contribution is -2.55. The molecule has 2 rings (SSSR count). The molecule has 1 aromatic carbocycles. The Morgan fingerprint density at radius 3 is 2.33 bits per heavy atom. The van der Waals surface area contributed by atoms with Crippen LogP contribution in [0.2, 0.25) is 0 Å². The highest BCUT2D eigenvalue weighted by Gasteiger charge is 2.27. The molecule has 1 aliphatic heterocycles. The third kappa shape index (κ3) is 5.06.